The summed E-state index contributed by atoms with van der Waals surface area (Å²) in [5.41, 5.74) is 0. The fourth-order valence-electron chi connectivity index (χ4n) is 0.634. The van der Waals surface area contributed by atoms with Crippen LogP contribution in [0.3, 0.4) is 0 Å². The van der Waals surface area contributed by atoms with Gasteiger partial charge in [0, 0.05) is 0 Å². The number of hydrogen-bond acceptors (Lipinski definition) is 7. The number of nitrogens with one attached hydrogen (secondary N) is 2. The minimum absolute atomic E-state index is 0.323. The van der Waals surface area contributed by atoms with E-state index in [0.717, 1.165) is 4.79 Å². The molecule has 0 saturated carbocycles. The molecule has 0 spiro atoms. The molecule has 2 aromatic rings. The van der Waals surface area contributed by atoms with Crippen LogP contribution in [0, 0.1) is 0 Å². The summed E-state index contributed by atoms with van der Waals surface area (Å²) >= 11 is 4.66. The van der Waals surface area contributed by atoms with Crippen LogP contribution in [0.1, 0.15) is 0 Å². The van der Waals surface area contributed by atoms with E-state index in [0.29, 0.717) is 11.6 Å². The number of tetrazole rings is 2. The predicted octanol–water partition coefficient (Wildman–Crippen LogP) is -2.14. The SMILES string of the molecule is [Cu][NH]n1nnnc1-c1nnn[nH]1. The van der Waals surface area contributed by atoms with Crippen molar-refractivity contribution in [2.75, 3.05) is 4.44 Å². The first-order valence-corrected chi connectivity index (χ1v) is 3.24. The Hall–Kier alpha value is -1.54. The topological polar surface area (TPSA) is 110 Å². The molecule has 10 heteroatoms. The van der Waals surface area contributed by atoms with E-state index in [4.69, 9.17) is 0 Å². The Labute approximate surface area is 73.9 Å². The Bertz CT molecular complexity index is 348. The molecule has 0 radical (unpaired) electrons. The Morgan fingerprint density at radius 3 is 2.92 bits per heavy atom. The third-order valence-electron chi connectivity index (χ3n) is 1.09. The van der Waals surface area contributed by atoms with Crippen LogP contribution in [0.4, 0.5) is 0 Å². The molecule has 0 atom stereocenters. The van der Waals surface area contributed by atoms with Gasteiger partial charge in [-0.2, -0.15) is 0 Å². The Morgan fingerprint density at radius 1 is 1.33 bits per heavy atom. The van der Waals surface area contributed by atoms with Crippen LogP contribution < -0.4 is 4.44 Å². The number of aromatic nitrogens is 8. The van der Waals surface area contributed by atoms with E-state index in [1.165, 1.54) is 0 Å². The number of aromatic amines is 1. The fourth-order valence-corrected chi connectivity index (χ4v) is 0.776. The maximum absolute atomic E-state index is 4.66. The Morgan fingerprint density at radius 2 is 2.25 bits per heavy atom. The molecule has 2 N–H and O–H groups in total. The van der Waals surface area contributed by atoms with Gasteiger partial charge in [-0.25, -0.2) is 0 Å². The van der Waals surface area contributed by atoms with Crippen molar-refractivity contribution in [3.63, 3.8) is 0 Å². The number of hydrogen-bond donors (Lipinski definition) is 2. The standard InChI is InChI=1S/C2H2N9.Cu/c3-11-2(6-9-10-11)1-4-7-8-5-1;/h3H,(H,4,5,7,8);/q-1;+1. The number of H-pyrrole nitrogens is 1. The first-order valence-electron chi connectivity index (χ1n) is 2.77. The number of rotatable bonds is 2. The molecule has 66 valence electrons. The third kappa shape index (κ3) is 1.02. The van der Waals surface area contributed by atoms with Crippen molar-refractivity contribution in [3.05, 3.63) is 0 Å². The zero-order valence-electron chi connectivity index (χ0n) is 5.43. The summed E-state index contributed by atoms with van der Waals surface area (Å²) in [6.45, 7) is 0. The van der Waals surface area contributed by atoms with E-state index in [-0.39, 0.29) is 0 Å². The van der Waals surface area contributed by atoms with Crippen molar-refractivity contribution < 1.29 is 16.2 Å². The molecule has 2 heterocycles. The molecule has 0 bridgehead atoms. The minimum atomic E-state index is 0.323. The molecule has 0 amide bonds. The van der Waals surface area contributed by atoms with Crippen molar-refractivity contribution in [3.8, 4) is 11.6 Å². The molecular formula is C2H2CuN9. The molecule has 0 aliphatic rings. The summed E-state index contributed by atoms with van der Waals surface area (Å²) < 4.78 is 2.29. The van der Waals surface area contributed by atoms with E-state index in [1.54, 1.807) is 0 Å². The second-order valence-corrected chi connectivity index (χ2v) is 1.94. The molecular weight excluding hydrogens is 214 g/mol. The molecule has 0 aromatic carbocycles. The maximum atomic E-state index is 4.66. The van der Waals surface area contributed by atoms with Crippen molar-refractivity contribution in [1.82, 2.24) is 40.9 Å². The summed E-state index contributed by atoms with van der Waals surface area (Å²) in [6, 6.07) is 0. The van der Waals surface area contributed by atoms with Gasteiger partial charge in [-0.05, 0) is 0 Å². The summed E-state index contributed by atoms with van der Waals surface area (Å²) in [5.74, 6) is 0.665. The monoisotopic (exact) mass is 215 g/mol. The van der Waals surface area contributed by atoms with Gasteiger partial charge in [0.15, 0.2) is 0 Å². The van der Waals surface area contributed by atoms with E-state index in [1.807, 2.05) is 0 Å². The second kappa shape index (κ2) is 2.83. The van der Waals surface area contributed by atoms with Gasteiger partial charge in [0.1, 0.15) is 0 Å². The summed E-state index contributed by atoms with van der Waals surface area (Å²) in [7, 11) is 0. The zero-order valence-corrected chi connectivity index (χ0v) is 6.37. The average Bonchev–Trinajstić information content (AvgIpc) is 2.74. The Kier molecular flexibility index (Phi) is 1.68. The predicted molar refractivity (Wildman–Crippen MR) is 30.3 cm³/mol. The van der Waals surface area contributed by atoms with Crippen molar-refractivity contribution in [2.45, 2.75) is 0 Å². The molecule has 2 aromatic heterocycles. The van der Waals surface area contributed by atoms with E-state index in [9.17, 15) is 0 Å². The summed E-state index contributed by atoms with van der Waals surface area (Å²) in [4.78, 5) is 1.15. The van der Waals surface area contributed by atoms with Crippen LogP contribution in [-0.2, 0) is 16.2 Å². The summed E-state index contributed by atoms with van der Waals surface area (Å²) in [6.07, 6.45) is 0. The molecule has 0 saturated heterocycles. The van der Waals surface area contributed by atoms with Crippen LogP contribution >= 0.6 is 0 Å². The molecule has 0 unspecified atom stereocenters. The van der Waals surface area contributed by atoms with E-state index < -0.39 is 0 Å². The first kappa shape index (κ1) is 7.13. The van der Waals surface area contributed by atoms with Gasteiger partial charge in [0.2, 0.25) is 0 Å². The van der Waals surface area contributed by atoms with Gasteiger partial charge in [0.05, 0.1) is 0 Å². The van der Waals surface area contributed by atoms with Crippen LogP contribution in [0.25, 0.3) is 11.6 Å². The average molecular weight is 216 g/mol. The van der Waals surface area contributed by atoms with Crippen LogP contribution in [0.15, 0.2) is 0 Å². The van der Waals surface area contributed by atoms with Crippen LogP contribution in [-0.4, -0.2) is 40.9 Å². The van der Waals surface area contributed by atoms with E-state index >= 15 is 0 Å². The van der Waals surface area contributed by atoms with Crippen molar-refractivity contribution in [2.24, 2.45) is 0 Å². The quantitative estimate of drug-likeness (QED) is 0.550. The third-order valence-corrected chi connectivity index (χ3v) is 1.29. The first-order chi connectivity index (χ1) is 5.92. The Balaban J connectivity index is 2.46. The van der Waals surface area contributed by atoms with Gasteiger partial charge in [-0.1, -0.05) is 0 Å². The molecule has 9 nitrogen and oxygen atoms in total. The molecule has 12 heavy (non-hydrogen) atoms. The fraction of sp³-hybridized carbons (Fsp3) is 0. The van der Waals surface area contributed by atoms with Crippen LogP contribution in [0.2, 0.25) is 0 Å². The van der Waals surface area contributed by atoms with Crippen molar-refractivity contribution >= 4 is 0 Å². The molecule has 2 rings (SSSR count). The van der Waals surface area contributed by atoms with Gasteiger partial charge < -0.3 is 0 Å². The van der Waals surface area contributed by atoms with Gasteiger partial charge in [0.25, 0.3) is 0 Å². The zero-order chi connectivity index (χ0) is 8.39. The second-order valence-electron chi connectivity index (χ2n) is 1.73. The van der Waals surface area contributed by atoms with E-state index in [2.05, 4.69) is 56.8 Å². The van der Waals surface area contributed by atoms with Gasteiger partial charge in [-0.3, -0.25) is 0 Å². The van der Waals surface area contributed by atoms with Crippen LogP contribution in [0.5, 0.6) is 0 Å². The molecule has 0 aliphatic carbocycles. The van der Waals surface area contributed by atoms with Crippen molar-refractivity contribution in [1.29, 1.82) is 0 Å². The molecule has 0 aliphatic heterocycles. The van der Waals surface area contributed by atoms with Gasteiger partial charge >= 0.3 is 73.3 Å². The van der Waals surface area contributed by atoms with Gasteiger partial charge in [-0.15, -0.1) is 0 Å². The number of nitrogens with zero attached hydrogens (tertiary/aromatic N) is 7. The molecule has 0 fully saturated rings. The normalized spacial score (nSPS) is 10.2. The summed E-state index contributed by atoms with van der Waals surface area (Å²) in [5, 5.41) is 23.3.